The van der Waals surface area contributed by atoms with E-state index in [1.54, 1.807) is 26.9 Å². The van der Waals surface area contributed by atoms with Gasteiger partial charge in [0, 0.05) is 20.1 Å². The fourth-order valence-corrected chi connectivity index (χ4v) is 3.40. The Balaban J connectivity index is 1.62. The van der Waals surface area contributed by atoms with Gasteiger partial charge in [0.15, 0.2) is 17.5 Å². The van der Waals surface area contributed by atoms with Crippen LogP contribution in [0.2, 0.25) is 0 Å². The minimum absolute atomic E-state index is 0.605. The van der Waals surface area contributed by atoms with E-state index in [-0.39, 0.29) is 0 Å². The molecular formula is C24H32N6O2. The zero-order valence-electron chi connectivity index (χ0n) is 19.3. The normalized spacial score (nSPS) is 11.3. The number of hydrogen-bond donors (Lipinski definition) is 1. The van der Waals surface area contributed by atoms with Gasteiger partial charge in [-0.05, 0) is 42.2 Å². The number of guanidine groups is 1. The summed E-state index contributed by atoms with van der Waals surface area (Å²) in [6, 6.07) is 14.5. The Morgan fingerprint density at radius 3 is 2.59 bits per heavy atom. The van der Waals surface area contributed by atoms with Gasteiger partial charge in [0.2, 0.25) is 0 Å². The Morgan fingerprint density at radius 2 is 1.88 bits per heavy atom. The summed E-state index contributed by atoms with van der Waals surface area (Å²) in [6.45, 7) is 5.02. The fraction of sp³-hybridized carbons (Fsp3) is 0.375. The first-order valence-corrected chi connectivity index (χ1v) is 10.7. The molecule has 0 radical (unpaired) electrons. The number of benzene rings is 2. The van der Waals surface area contributed by atoms with Crippen molar-refractivity contribution in [2.45, 2.75) is 26.4 Å². The monoisotopic (exact) mass is 436 g/mol. The van der Waals surface area contributed by atoms with E-state index in [2.05, 4.69) is 64.6 Å². The van der Waals surface area contributed by atoms with Crippen LogP contribution in [0.5, 0.6) is 11.5 Å². The highest BCUT2D eigenvalue weighted by atomic mass is 16.5. The van der Waals surface area contributed by atoms with Crippen LogP contribution in [0.1, 0.15) is 23.6 Å². The molecule has 0 saturated heterocycles. The molecule has 32 heavy (non-hydrogen) atoms. The van der Waals surface area contributed by atoms with Crippen LogP contribution in [-0.2, 0) is 19.5 Å². The highest BCUT2D eigenvalue weighted by Gasteiger charge is 2.09. The molecule has 0 atom stereocenters. The molecule has 2 aromatic carbocycles. The zero-order chi connectivity index (χ0) is 22.8. The lowest BCUT2D eigenvalue weighted by atomic mass is 10.1. The van der Waals surface area contributed by atoms with Crippen LogP contribution in [0, 0.1) is 0 Å². The standard InChI is InChI=1S/C24H32N6O2/c1-5-26-24(29(2)12-11-19-9-10-22(31-3)23(14-19)32-4)27-15-20-7-6-8-21(13-20)16-30-18-25-17-28-30/h6-10,13-14,17-18H,5,11-12,15-16H2,1-4H3,(H,26,27). The molecule has 1 aromatic heterocycles. The summed E-state index contributed by atoms with van der Waals surface area (Å²) in [5.41, 5.74) is 3.52. The topological polar surface area (TPSA) is 76.8 Å². The van der Waals surface area contributed by atoms with Crippen molar-refractivity contribution in [3.63, 3.8) is 0 Å². The predicted octanol–water partition coefficient (Wildman–Crippen LogP) is 2.98. The molecule has 0 unspecified atom stereocenters. The average Bonchev–Trinajstić information content (AvgIpc) is 3.33. The SMILES string of the molecule is CCNC(=NCc1cccc(Cn2cncn2)c1)N(C)CCc1ccc(OC)c(OC)c1. The lowest BCUT2D eigenvalue weighted by Crippen LogP contribution is -2.39. The Labute approximate surface area is 189 Å². The van der Waals surface area contributed by atoms with E-state index in [0.717, 1.165) is 42.5 Å². The van der Waals surface area contributed by atoms with Crippen molar-refractivity contribution in [3.05, 3.63) is 71.8 Å². The lowest BCUT2D eigenvalue weighted by Gasteiger charge is -2.22. The number of hydrogen-bond acceptors (Lipinski definition) is 5. The van der Waals surface area contributed by atoms with E-state index in [9.17, 15) is 0 Å². The molecule has 8 nitrogen and oxygen atoms in total. The molecule has 0 aliphatic heterocycles. The molecule has 0 aliphatic carbocycles. The molecule has 8 heteroatoms. The fourth-order valence-electron chi connectivity index (χ4n) is 3.40. The van der Waals surface area contributed by atoms with E-state index < -0.39 is 0 Å². The van der Waals surface area contributed by atoms with Crippen LogP contribution in [0.25, 0.3) is 0 Å². The minimum atomic E-state index is 0.605. The molecular weight excluding hydrogens is 404 g/mol. The molecule has 0 amide bonds. The summed E-state index contributed by atoms with van der Waals surface area (Å²) in [6.07, 6.45) is 4.14. The van der Waals surface area contributed by atoms with Crippen LogP contribution in [-0.4, -0.2) is 60.0 Å². The van der Waals surface area contributed by atoms with Gasteiger partial charge < -0.3 is 19.7 Å². The quantitative estimate of drug-likeness (QED) is 0.389. The number of nitrogens with one attached hydrogen (secondary N) is 1. The summed E-state index contributed by atoms with van der Waals surface area (Å²) < 4.78 is 12.6. The summed E-state index contributed by atoms with van der Waals surface area (Å²) >= 11 is 0. The Hall–Kier alpha value is -3.55. The average molecular weight is 437 g/mol. The van der Waals surface area contributed by atoms with Gasteiger partial charge in [-0.15, -0.1) is 0 Å². The Bertz CT molecular complexity index is 1000. The molecule has 0 saturated carbocycles. The van der Waals surface area contributed by atoms with Crippen molar-refractivity contribution in [3.8, 4) is 11.5 Å². The molecule has 0 fully saturated rings. The molecule has 3 rings (SSSR count). The molecule has 1 heterocycles. The summed E-state index contributed by atoms with van der Waals surface area (Å²) in [5, 5.41) is 7.56. The van der Waals surface area contributed by atoms with Crippen molar-refractivity contribution in [1.82, 2.24) is 25.0 Å². The van der Waals surface area contributed by atoms with Crippen molar-refractivity contribution >= 4 is 5.96 Å². The maximum Gasteiger partial charge on any atom is 0.193 e. The molecule has 3 aromatic rings. The van der Waals surface area contributed by atoms with Gasteiger partial charge in [-0.3, -0.25) is 0 Å². The third-order valence-electron chi connectivity index (χ3n) is 5.09. The molecule has 0 spiro atoms. The van der Waals surface area contributed by atoms with Crippen molar-refractivity contribution in [1.29, 1.82) is 0 Å². The first kappa shape index (κ1) is 23.1. The van der Waals surface area contributed by atoms with E-state index in [1.807, 2.05) is 16.8 Å². The van der Waals surface area contributed by atoms with Gasteiger partial charge >= 0.3 is 0 Å². The second kappa shape index (κ2) is 11.7. The van der Waals surface area contributed by atoms with E-state index in [0.29, 0.717) is 13.1 Å². The van der Waals surface area contributed by atoms with Gasteiger partial charge in [-0.2, -0.15) is 5.10 Å². The summed E-state index contributed by atoms with van der Waals surface area (Å²) in [7, 11) is 5.36. The van der Waals surface area contributed by atoms with E-state index >= 15 is 0 Å². The van der Waals surface area contributed by atoms with Crippen LogP contribution in [0.4, 0.5) is 0 Å². The maximum atomic E-state index is 5.42. The number of rotatable bonds is 10. The summed E-state index contributed by atoms with van der Waals surface area (Å²) in [4.78, 5) is 11.0. The van der Waals surface area contributed by atoms with Gasteiger partial charge in [-0.25, -0.2) is 14.7 Å². The molecule has 1 N–H and O–H groups in total. The summed E-state index contributed by atoms with van der Waals surface area (Å²) in [5.74, 6) is 2.37. The Kier molecular flexibility index (Phi) is 8.48. The van der Waals surface area contributed by atoms with Crippen LogP contribution in [0.3, 0.4) is 0 Å². The van der Waals surface area contributed by atoms with Crippen LogP contribution < -0.4 is 14.8 Å². The number of nitrogens with zero attached hydrogens (tertiary/aromatic N) is 5. The molecule has 170 valence electrons. The lowest BCUT2D eigenvalue weighted by molar-refractivity contribution is 0.354. The van der Waals surface area contributed by atoms with Gasteiger partial charge in [-0.1, -0.05) is 30.3 Å². The van der Waals surface area contributed by atoms with Gasteiger partial charge in [0.25, 0.3) is 0 Å². The predicted molar refractivity (Wildman–Crippen MR) is 126 cm³/mol. The third-order valence-corrected chi connectivity index (χ3v) is 5.09. The highest BCUT2D eigenvalue weighted by Crippen LogP contribution is 2.27. The zero-order valence-corrected chi connectivity index (χ0v) is 19.3. The number of aromatic nitrogens is 3. The van der Waals surface area contributed by atoms with Crippen LogP contribution >= 0.6 is 0 Å². The van der Waals surface area contributed by atoms with Gasteiger partial charge in [0.05, 0.1) is 27.3 Å². The van der Waals surface area contributed by atoms with Crippen molar-refractivity contribution < 1.29 is 9.47 Å². The minimum Gasteiger partial charge on any atom is -0.493 e. The smallest absolute Gasteiger partial charge is 0.193 e. The van der Waals surface area contributed by atoms with Crippen LogP contribution in [0.15, 0.2) is 60.1 Å². The number of methoxy groups -OCH3 is 2. The number of ether oxygens (including phenoxy) is 2. The van der Waals surface area contributed by atoms with Crippen molar-refractivity contribution in [2.24, 2.45) is 4.99 Å². The second-order valence-corrected chi connectivity index (χ2v) is 7.44. The van der Waals surface area contributed by atoms with E-state index in [4.69, 9.17) is 14.5 Å². The number of likely N-dealkylation sites (N-methyl/N-ethyl adjacent to an activating group) is 1. The first-order chi connectivity index (χ1) is 15.6. The highest BCUT2D eigenvalue weighted by molar-refractivity contribution is 5.79. The van der Waals surface area contributed by atoms with Gasteiger partial charge in [0.1, 0.15) is 12.7 Å². The largest absolute Gasteiger partial charge is 0.493 e. The van der Waals surface area contributed by atoms with Crippen molar-refractivity contribution in [2.75, 3.05) is 34.4 Å². The molecule has 0 aliphatic rings. The van der Waals surface area contributed by atoms with E-state index in [1.165, 1.54) is 11.1 Å². The maximum absolute atomic E-state index is 5.42. The number of aliphatic imine (C=N–C) groups is 1. The Morgan fingerprint density at radius 1 is 1.06 bits per heavy atom. The second-order valence-electron chi connectivity index (χ2n) is 7.44. The first-order valence-electron chi connectivity index (χ1n) is 10.7. The third kappa shape index (κ3) is 6.47. The molecule has 0 bridgehead atoms.